The molecule has 0 amide bonds. The van der Waals surface area contributed by atoms with Gasteiger partial charge in [0.1, 0.15) is 23.6 Å². The number of fused-ring (bicyclic) bond motifs is 1. The number of aromatic nitrogens is 2. The predicted octanol–water partition coefficient (Wildman–Crippen LogP) is 2.85. The maximum atomic E-state index is 12.3. The van der Waals surface area contributed by atoms with Gasteiger partial charge in [-0.05, 0) is 42.5 Å². The average molecular weight is 622 g/mol. The van der Waals surface area contributed by atoms with Crippen LogP contribution in [0, 0.1) is 5.41 Å². The average Bonchev–Trinajstić information content (AvgIpc) is 3.12. The number of H-pyrrole nitrogens is 1. The molecule has 0 aliphatic carbocycles. The first-order chi connectivity index (χ1) is 19.6. The molecule has 12 nitrogen and oxygen atoms in total. The number of aliphatic hydroxyl groups excluding tert-OH is 1. The number of aromatic amines is 1. The van der Waals surface area contributed by atoms with Crippen molar-refractivity contribution in [1.29, 1.82) is 0 Å². The van der Waals surface area contributed by atoms with Crippen LogP contribution in [0.15, 0.2) is 76.0 Å². The van der Waals surface area contributed by atoms with Gasteiger partial charge in [0.05, 0.1) is 18.9 Å². The van der Waals surface area contributed by atoms with E-state index in [0.717, 1.165) is 27.6 Å². The first-order valence-corrected chi connectivity index (χ1v) is 15.9. The molecule has 0 bridgehead atoms. The van der Waals surface area contributed by atoms with E-state index in [2.05, 4.69) is 10.1 Å². The van der Waals surface area contributed by atoms with Crippen molar-refractivity contribution in [3.8, 4) is 5.75 Å². The zero-order valence-electron chi connectivity index (χ0n) is 23.9. The van der Waals surface area contributed by atoms with E-state index in [0.29, 0.717) is 12.4 Å². The molecule has 228 valence electrons. The van der Waals surface area contributed by atoms with E-state index < -0.39 is 48.5 Å². The van der Waals surface area contributed by atoms with Gasteiger partial charge in [-0.1, -0.05) is 57.2 Å². The molecule has 1 aromatic heterocycles. The number of nitrogens with zero attached hydrogens (tertiary/aromatic N) is 1. The lowest BCUT2D eigenvalue weighted by Gasteiger charge is -2.27. The molecule has 0 spiro atoms. The molecule has 42 heavy (non-hydrogen) atoms. The van der Waals surface area contributed by atoms with Gasteiger partial charge in [-0.3, -0.25) is 14.3 Å². The lowest BCUT2D eigenvalue weighted by molar-refractivity contribution is -0.0984. The highest BCUT2D eigenvalue weighted by atomic mass is 32.5. The summed E-state index contributed by atoms with van der Waals surface area (Å²) in [7, 11) is 0. The van der Waals surface area contributed by atoms with Crippen LogP contribution in [0.1, 0.15) is 40.8 Å². The summed E-state index contributed by atoms with van der Waals surface area (Å²) < 4.78 is 24.5. The van der Waals surface area contributed by atoms with Gasteiger partial charge in [-0.15, -0.1) is 0 Å². The third kappa shape index (κ3) is 7.48. The summed E-state index contributed by atoms with van der Waals surface area (Å²) in [5.41, 5.74) is -3.32. The zero-order valence-corrected chi connectivity index (χ0v) is 25.6. The van der Waals surface area contributed by atoms with Crippen LogP contribution in [0.25, 0.3) is 10.8 Å². The second kappa shape index (κ2) is 12.3. The number of ether oxygens (including phenoxy) is 3. The smallest absolute Gasteiger partial charge is 0.330 e. The van der Waals surface area contributed by atoms with Gasteiger partial charge in [0, 0.05) is 17.6 Å². The Morgan fingerprint density at radius 3 is 2.57 bits per heavy atom. The molecule has 3 aromatic rings. The fourth-order valence-electron chi connectivity index (χ4n) is 4.33. The molecule has 0 saturated carbocycles. The Morgan fingerprint density at radius 1 is 1.19 bits per heavy atom. The van der Waals surface area contributed by atoms with Crippen LogP contribution in [0.2, 0.25) is 0 Å². The Hall–Kier alpha value is -3.03. The molecule has 1 saturated heterocycles. The minimum atomic E-state index is -3.77. The molecule has 2 aromatic carbocycles. The normalized spacial score (nSPS) is 24.6. The van der Waals surface area contributed by atoms with E-state index in [9.17, 15) is 24.7 Å². The summed E-state index contributed by atoms with van der Waals surface area (Å²) in [6.45, 7) is 5.00. The van der Waals surface area contributed by atoms with Crippen LogP contribution < -0.4 is 21.1 Å². The van der Waals surface area contributed by atoms with Crippen LogP contribution in [-0.4, -0.2) is 55.7 Å². The fourth-order valence-corrected chi connectivity index (χ4v) is 5.86. The minimum Gasteiger partial charge on any atom is -0.463 e. The Bertz CT molecular complexity index is 1620. The summed E-state index contributed by atoms with van der Waals surface area (Å²) >= 11 is 5.32. The van der Waals surface area contributed by atoms with E-state index >= 15 is 0 Å². The molecule has 1 fully saturated rings. The van der Waals surface area contributed by atoms with Crippen molar-refractivity contribution in [2.45, 2.75) is 58.7 Å². The highest BCUT2D eigenvalue weighted by molar-refractivity contribution is 8.08. The van der Waals surface area contributed by atoms with Crippen LogP contribution in [0.4, 0.5) is 0 Å². The van der Waals surface area contributed by atoms with Crippen molar-refractivity contribution in [2.24, 2.45) is 5.41 Å². The third-order valence-corrected chi connectivity index (χ3v) is 8.18. The highest BCUT2D eigenvalue weighted by Gasteiger charge is 2.53. The van der Waals surface area contributed by atoms with Crippen molar-refractivity contribution in [2.75, 3.05) is 13.2 Å². The van der Waals surface area contributed by atoms with Gasteiger partial charge in [-0.2, -0.15) is 0 Å². The number of aliphatic hydroxyl groups is 2. The van der Waals surface area contributed by atoms with Crippen molar-refractivity contribution in [3.63, 3.8) is 0 Å². The lowest BCUT2D eigenvalue weighted by Crippen LogP contribution is -2.46. The zero-order chi connectivity index (χ0) is 30.9. The predicted molar refractivity (Wildman–Crippen MR) is 160 cm³/mol. The van der Waals surface area contributed by atoms with Crippen LogP contribution in [0.3, 0.4) is 0 Å². The highest BCUT2D eigenvalue weighted by Crippen LogP contribution is 2.43. The number of benzene rings is 2. The van der Waals surface area contributed by atoms with Gasteiger partial charge in [-0.25, -0.2) is 4.79 Å². The molecule has 4 rings (SSSR count). The van der Waals surface area contributed by atoms with E-state index in [1.165, 1.54) is 6.92 Å². The van der Waals surface area contributed by atoms with Gasteiger partial charge >= 0.3 is 11.6 Å². The van der Waals surface area contributed by atoms with Crippen molar-refractivity contribution < 1.29 is 33.8 Å². The SMILES string of the molecule is CC(N[P@@](O)(=S)OC[C@H]1O[C@@H](n2ccc(=O)[nH]c2=O)[C@](C)(O)[C@@H]1O)=C(OCC(C)(C)C)Oc1cccc2ccccc12. The summed E-state index contributed by atoms with van der Waals surface area (Å²) in [6, 6.07) is 14.4. The fraction of sp³-hybridized carbons (Fsp3) is 0.429. The van der Waals surface area contributed by atoms with Crippen LogP contribution >= 0.6 is 6.64 Å². The summed E-state index contributed by atoms with van der Waals surface area (Å²) in [5, 5.41) is 26.3. The maximum absolute atomic E-state index is 12.3. The first kappa shape index (κ1) is 31.9. The van der Waals surface area contributed by atoms with Gasteiger partial charge in [0.2, 0.25) is 0 Å². The second-order valence-electron chi connectivity index (χ2n) is 11.5. The molecule has 5 N–H and O–H groups in total. The van der Waals surface area contributed by atoms with E-state index in [1.54, 1.807) is 13.0 Å². The third-order valence-electron chi connectivity index (χ3n) is 6.48. The molecular formula is C28H36N3O9PS. The second-order valence-corrected chi connectivity index (χ2v) is 14.5. The van der Waals surface area contributed by atoms with Crippen LogP contribution in [-0.2, 0) is 25.8 Å². The summed E-state index contributed by atoms with van der Waals surface area (Å²) in [6.07, 6.45) is -2.89. The molecular weight excluding hydrogens is 585 g/mol. The van der Waals surface area contributed by atoms with Gasteiger partial charge in [0.25, 0.3) is 12.2 Å². The van der Waals surface area contributed by atoms with Gasteiger partial charge in [0.15, 0.2) is 6.23 Å². The first-order valence-electron chi connectivity index (χ1n) is 13.2. The Balaban J connectivity index is 1.51. The molecule has 2 heterocycles. The number of allylic oxidation sites excluding steroid dienone is 1. The largest absolute Gasteiger partial charge is 0.463 e. The molecule has 14 heteroatoms. The molecule has 0 unspecified atom stereocenters. The topological polar surface area (TPSA) is 164 Å². The molecule has 0 radical (unpaired) electrons. The van der Waals surface area contributed by atoms with Crippen LogP contribution in [0.5, 0.6) is 5.75 Å². The lowest BCUT2D eigenvalue weighted by atomic mass is 9.96. The number of rotatable bonds is 10. The molecule has 1 aliphatic heterocycles. The Kier molecular flexibility index (Phi) is 9.34. The van der Waals surface area contributed by atoms with E-state index in [1.807, 2.05) is 57.2 Å². The summed E-state index contributed by atoms with van der Waals surface area (Å²) in [5.74, 6) is 0.629. The molecule has 1 aliphatic rings. The Labute approximate surface area is 247 Å². The number of hydrogen-bond acceptors (Lipinski definition) is 9. The number of nitrogens with one attached hydrogen (secondary N) is 2. The van der Waals surface area contributed by atoms with E-state index in [4.69, 9.17) is 30.5 Å². The van der Waals surface area contributed by atoms with Crippen molar-refractivity contribution in [1.82, 2.24) is 14.6 Å². The molecule has 5 atom stereocenters. The van der Waals surface area contributed by atoms with E-state index in [-0.39, 0.29) is 17.1 Å². The Morgan fingerprint density at radius 2 is 1.88 bits per heavy atom. The van der Waals surface area contributed by atoms with Crippen molar-refractivity contribution >= 4 is 29.2 Å². The quantitative estimate of drug-likeness (QED) is 0.167. The van der Waals surface area contributed by atoms with Gasteiger partial charge < -0.3 is 38.9 Å². The monoisotopic (exact) mass is 621 g/mol. The van der Waals surface area contributed by atoms with Crippen molar-refractivity contribution in [3.05, 3.63) is 87.2 Å². The number of hydrogen-bond donors (Lipinski definition) is 5. The summed E-state index contributed by atoms with van der Waals surface area (Å²) in [4.78, 5) is 36.8. The standard InChI is InChI=1S/C28H36N3O9PS/c1-17(24(37-16-27(2,3)4)39-20-12-8-10-18-9-6-7-11-19(18)20)30-41(36,42)38-15-21-23(33)28(5,35)25(40-21)31-14-13-22(32)29-26(31)34/h6-14,21,23,25,33,35H,15-16H2,1-5H3,(H,29,32,34)(H2,30,36,42)/t21-,23-,25-,28-,41+/m1/s1. The maximum Gasteiger partial charge on any atom is 0.330 e. The minimum absolute atomic E-state index is 0.0887.